The Labute approximate surface area is 109 Å². The number of hydrogen-bond donors (Lipinski definition) is 1. The van der Waals surface area contributed by atoms with Gasteiger partial charge in [-0.25, -0.2) is 4.79 Å². The van der Waals surface area contributed by atoms with E-state index in [-0.39, 0.29) is 0 Å². The number of aromatic carboxylic acids is 1. The standard InChI is InChI=1S/C16H20O2/c1-3-5-6-7-9-14-11-10-13(8-4-2)12-15(14)16(17)18/h10-12H,3-6,8H2,1-2H3,(H,17,18). The molecule has 0 atom stereocenters. The molecule has 0 spiro atoms. The second kappa shape index (κ2) is 7.55. The fraction of sp³-hybridized carbons (Fsp3) is 0.438. The van der Waals surface area contributed by atoms with E-state index in [2.05, 4.69) is 25.7 Å². The summed E-state index contributed by atoms with van der Waals surface area (Å²) in [6.07, 6.45) is 4.91. The first-order chi connectivity index (χ1) is 8.69. The summed E-state index contributed by atoms with van der Waals surface area (Å²) in [4.78, 5) is 11.2. The van der Waals surface area contributed by atoms with Crippen LogP contribution in [0.3, 0.4) is 0 Å². The van der Waals surface area contributed by atoms with Crippen LogP contribution in [-0.2, 0) is 6.42 Å². The van der Waals surface area contributed by atoms with Crippen LogP contribution < -0.4 is 0 Å². The molecule has 0 aromatic heterocycles. The summed E-state index contributed by atoms with van der Waals surface area (Å²) in [6, 6.07) is 5.54. The van der Waals surface area contributed by atoms with Gasteiger partial charge in [0.15, 0.2) is 0 Å². The smallest absolute Gasteiger partial charge is 0.336 e. The quantitative estimate of drug-likeness (QED) is 0.630. The predicted octanol–water partition coefficient (Wildman–Crippen LogP) is 3.88. The monoisotopic (exact) mass is 244 g/mol. The van der Waals surface area contributed by atoms with Gasteiger partial charge in [-0.15, -0.1) is 0 Å². The zero-order valence-corrected chi connectivity index (χ0v) is 11.1. The van der Waals surface area contributed by atoms with E-state index in [0.29, 0.717) is 11.1 Å². The molecule has 2 nitrogen and oxygen atoms in total. The lowest BCUT2D eigenvalue weighted by Crippen LogP contribution is -2.01. The summed E-state index contributed by atoms with van der Waals surface area (Å²) >= 11 is 0. The lowest BCUT2D eigenvalue weighted by molar-refractivity contribution is 0.0696. The minimum Gasteiger partial charge on any atom is -0.478 e. The molecule has 0 unspecified atom stereocenters. The van der Waals surface area contributed by atoms with Crippen molar-refractivity contribution in [3.8, 4) is 11.8 Å². The SMILES string of the molecule is CCCCC#Cc1ccc(CCC)cc1C(=O)O. The molecular weight excluding hydrogens is 224 g/mol. The Kier molecular flexibility index (Phi) is 6.00. The summed E-state index contributed by atoms with van der Waals surface area (Å²) in [7, 11) is 0. The highest BCUT2D eigenvalue weighted by atomic mass is 16.4. The number of hydrogen-bond acceptors (Lipinski definition) is 1. The molecule has 18 heavy (non-hydrogen) atoms. The summed E-state index contributed by atoms with van der Waals surface area (Å²) in [5.74, 6) is 5.11. The maximum Gasteiger partial charge on any atom is 0.336 e. The topological polar surface area (TPSA) is 37.3 Å². The number of unbranched alkanes of at least 4 members (excludes halogenated alkanes) is 2. The molecule has 1 aromatic carbocycles. The van der Waals surface area contributed by atoms with Crippen molar-refractivity contribution in [1.29, 1.82) is 0 Å². The van der Waals surface area contributed by atoms with Crippen LogP contribution in [0.2, 0.25) is 0 Å². The second-order valence-corrected chi connectivity index (χ2v) is 4.34. The van der Waals surface area contributed by atoms with Crippen molar-refractivity contribution >= 4 is 5.97 Å². The van der Waals surface area contributed by atoms with Gasteiger partial charge in [0.2, 0.25) is 0 Å². The number of aryl methyl sites for hydroxylation is 1. The Balaban J connectivity index is 2.95. The first-order valence-corrected chi connectivity index (χ1v) is 6.54. The molecular formula is C16H20O2. The van der Waals surface area contributed by atoms with E-state index in [1.54, 1.807) is 6.07 Å². The van der Waals surface area contributed by atoms with Crippen LogP contribution in [0.25, 0.3) is 0 Å². The van der Waals surface area contributed by atoms with Crippen LogP contribution in [0.15, 0.2) is 18.2 Å². The predicted molar refractivity (Wildman–Crippen MR) is 73.8 cm³/mol. The summed E-state index contributed by atoms with van der Waals surface area (Å²) in [6.45, 7) is 4.20. The van der Waals surface area contributed by atoms with Gasteiger partial charge in [0.05, 0.1) is 5.56 Å². The zero-order valence-electron chi connectivity index (χ0n) is 11.1. The third-order valence-electron chi connectivity index (χ3n) is 2.73. The summed E-state index contributed by atoms with van der Waals surface area (Å²) < 4.78 is 0. The molecule has 0 fully saturated rings. The molecule has 1 aromatic rings. The van der Waals surface area contributed by atoms with E-state index in [9.17, 15) is 9.90 Å². The van der Waals surface area contributed by atoms with E-state index in [4.69, 9.17) is 0 Å². The van der Waals surface area contributed by atoms with Gasteiger partial charge >= 0.3 is 5.97 Å². The van der Waals surface area contributed by atoms with Gasteiger partial charge in [-0.1, -0.05) is 44.6 Å². The van der Waals surface area contributed by atoms with Gasteiger partial charge in [-0.05, 0) is 30.5 Å². The normalized spacial score (nSPS) is 9.67. The highest BCUT2D eigenvalue weighted by Crippen LogP contribution is 2.13. The molecule has 0 aliphatic carbocycles. The van der Waals surface area contributed by atoms with Crippen LogP contribution in [0.4, 0.5) is 0 Å². The molecule has 0 saturated heterocycles. The van der Waals surface area contributed by atoms with Crippen molar-refractivity contribution in [2.24, 2.45) is 0 Å². The van der Waals surface area contributed by atoms with Crippen molar-refractivity contribution in [3.63, 3.8) is 0 Å². The second-order valence-electron chi connectivity index (χ2n) is 4.34. The molecule has 0 amide bonds. The largest absolute Gasteiger partial charge is 0.478 e. The van der Waals surface area contributed by atoms with E-state index in [0.717, 1.165) is 37.7 Å². The van der Waals surface area contributed by atoms with Crippen LogP contribution in [-0.4, -0.2) is 11.1 Å². The fourth-order valence-corrected chi connectivity index (χ4v) is 1.74. The summed E-state index contributed by atoms with van der Waals surface area (Å²) in [5, 5.41) is 9.19. The molecule has 0 heterocycles. The van der Waals surface area contributed by atoms with Gasteiger partial charge in [-0.2, -0.15) is 0 Å². The van der Waals surface area contributed by atoms with E-state index >= 15 is 0 Å². The Morgan fingerprint density at radius 3 is 2.67 bits per heavy atom. The zero-order chi connectivity index (χ0) is 13.4. The highest BCUT2D eigenvalue weighted by Gasteiger charge is 2.09. The number of carboxylic acids is 1. The van der Waals surface area contributed by atoms with Crippen LogP contribution in [0.1, 0.15) is 61.0 Å². The lowest BCUT2D eigenvalue weighted by Gasteiger charge is -2.03. The Morgan fingerprint density at radius 1 is 1.28 bits per heavy atom. The average molecular weight is 244 g/mol. The molecule has 1 N–H and O–H groups in total. The van der Waals surface area contributed by atoms with Gasteiger partial charge in [0.1, 0.15) is 0 Å². The van der Waals surface area contributed by atoms with Crippen molar-refractivity contribution < 1.29 is 9.90 Å². The first-order valence-electron chi connectivity index (χ1n) is 6.54. The molecule has 1 rings (SSSR count). The molecule has 0 aliphatic heterocycles. The van der Waals surface area contributed by atoms with Crippen molar-refractivity contribution in [2.45, 2.75) is 46.0 Å². The van der Waals surface area contributed by atoms with Crippen LogP contribution in [0.5, 0.6) is 0 Å². The maximum atomic E-state index is 11.2. The van der Waals surface area contributed by atoms with Crippen LogP contribution >= 0.6 is 0 Å². The minimum absolute atomic E-state index is 0.324. The Morgan fingerprint density at radius 2 is 2.06 bits per heavy atom. The van der Waals surface area contributed by atoms with Gasteiger partial charge in [0.25, 0.3) is 0 Å². The first kappa shape index (κ1) is 14.3. The summed E-state index contributed by atoms with van der Waals surface area (Å²) in [5.41, 5.74) is 2.01. The average Bonchev–Trinajstić information content (AvgIpc) is 2.36. The lowest BCUT2D eigenvalue weighted by atomic mass is 10.0. The third-order valence-corrected chi connectivity index (χ3v) is 2.73. The third kappa shape index (κ3) is 4.25. The van der Waals surface area contributed by atoms with Crippen LogP contribution in [0, 0.1) is 11.8 Å². The molecule has 2 heteroatoms. The number of benzene rings is 1. The molecule has 0 saturated carbocycles. The van der Waals surface area contributed by atoms with E-state index in [1.165, 1.54) is 0 Å². The van der Waals surface area contributed by atoms with Crippen molar-refractivity contribution in [2.75, 3.05) is 0 Å². The van der Waals surface area contributed by atoms with Gasteiger partial charge in [0, 0.05) is 12.0 Å². The Hall–Kier alpha value is -1.75. The van der Waals surface area contributed by atoms with Crippen molar-refractivity contribution in [3.05, 3.63) is 34.9 Å². The molecule has 96 valence electrons. The number of rotatable bonds is 5. The molecule has 0 aliphatic rings. The maximum absolute atomic E-state index is 11.2. The highest BCUT2D eigenvalue weighted by molar-refractivity contribution is 5.91. The minimum atomic E-state index is -0.896. The van der Waals surface area contributed by atoms with Crippen molar-refractivity contribution in [1.82, 2.24) is 0 Å². The fourth-order valence-electron chi connectivity index (χ4n) is 1.74. The van der Waals surface area contributed by atoms with E-state index < -0.39 is 5.97 Å². The number of carbonyl (C=O) groups is 1. The van der Waals surface area contributed by atoms with Gasteiger partial charge in [-0.3, -0.25) is 0 Å². The van der Waals surface area contributed by atoms with Gasteiger partial charge < -0.3 is 5.11 Å². The molecule has 0 radical (unpaired) electrons. The molecule has 0 bridgehead atoms. The Bertz CT molecular complexity index is 464. The number of carboxylic acid groups (broad SMARTS) is 1. The van der Waals surface area contributed by atoms with E-state index in [1.807, 2.05) is 12.1 Å².